The van der Waals surface area contributed by atoms with Crippen LogP contribution in [0.2, 0.25) is 0 Å². The van der Waals surface area contributed by atoms with Crippen molar-refractivity contribution in [3.05, 3.63) is 0 Å². The molecule has 0 aromatic heterocycles. The summed E-state index contributed by atoms with van der Waals surface area (Å²) in [5.74, 6) is 2.15. The summed E-state index contributed by atoms with van der Waals surface area (Å²) in [4.78, 5) is 2.82. The molecule has 1 saturated carbocycles. The van der Waals surface area contributed by atoms with E-state index in [0.717, 1.165) is 17.9 Å². The molecular formula is C13H23N. The van der Waals surface area contributed by atoms with Gasteiger partial charge in [-0.1, -0.05) is 13.8 Å². The summed E-state index contributed by atoms with van der Waals surface area (Å²) >= 11 is 0. The van der Waals surface area contributed by atoms with Crippen LogP contribution in [0.25, 0.3) is 0 Å². The van der Waals surface area contributed by atoms with Crippen molar-refractivity contribution in [2.24, 2.45) is 17.3 Å². The Balaban J connectivity index is 1.90. The summed E-state index contributed by atoms with van der Waals surface area (Å²) in [6, 6.07) is 0.929. The number of piperidine rings is 2. The number of rotatable bonds is 0. The first-order valence-corrected chi connectivity index (χ1v) is 6.16. The Bertz CT molecular complexity index is 266. The second-order valence-electron chi connectivity index (χ2n) is 7.24. The van der Waals surface area contributed by atoms with Crippen LogP contribution >= 0.6 is 0 Å². The molecule has 3 unspecified atom stereocenters. The molecule has 1 heteroatoms. The van der Waals surface area contributed by atoms with Gasteiger partial charge in [-0.3, -0.25) is 4.90 Å². The Kier molecular flexibility index (Phi) is 1.56. The first-order chi connectivity index (χ1) is 6.39. The highest BCUT2D eigenvalue weighted by Crippen LogP contribution is 2.58. The van der Waals surface area contributed by atoms with Gasteiger partial charge in [-0.2, -0.15) is 0 Å². The Morgan fingerprint density at radius 3 is 2.57 bits per heavy atom. The molecule has 0 spiro atoms. The van der Waals surface area contributed by atoms with Gasteiger partial charge in [0.25, 0.3) is 0 Å². The average molecular weight is 193 g/mol. The van der Waals surface area contributed by atoms with E-state index in [1.165, 1.54) is 25.8 Å². The molecule has 3 atom stereocenters. The number of nitrogens with zero attached hydrogens (tertiary/aromatic N) is 1. The fraction of sp³-hybridized carbons (Fsp3) is 1.00. The molecule has 14 heavy (non-hydrogen) atoms. The summed E-state index contributed by atoms with van der Waals surface area (Å²) < 4.78 is 0. The lowest BCUT2D eigenvalue weighted by Gasteiger charge is -2.52. The van der Waals surface area contributed by atoms with Gasteiger partial charge in [0, 0.05) is 18.1 Å². The maximum atomic E-state index is 2.82. The number of fused-ring (bicyclic) bond motifs is 3. The predicted molar refractivity (Wildman–Crippen MR) is 59.2 cm³/mol. The van der Waals surface area contributed by atoms with Gasteiger partial charge in [-0.25, -0.2) is 0 Å². The van der Waals surface area contributed by atoms with Crippen molar-refractivity contribution >= 4 is 0 Å². The third-order valence-electron chi connectivity index (χ3n) is 4.75. The van der Waals surface area contributed by atoms with Gasteiger partial charge >= 0.3 is 0 Å². The summed E-state index contributed by atoms with van der Waals surface area (Å²) in [5.41, 5.74) is 1.03. The van der Waals surface area contributed by atoms with Gasteiger partial charge in [0.2, 0.25) is 0 Å². The highest BCUT2D eigenvalue weighted by Gasteiger charge is 2.59. The van der Waals surface area contributed by atoms with Crippen LogP contribution in [0.3, 0.4) is 0 Å². The van der Waals surface area contributed by atoms with Crippen LogP contribution in [0.5, 0.6) is 0 Å². The minimum atomic E-state index is 0.458. The summed E-state index contributed by atoms with van der Waals surface area (Å²) in [7, 11) is 0. The predicted octanol–water partition coefficient (Wildman–Crippen LogP) is 2.91. The van der Waals surface area contributed by atoms with E-state index in [0.29, 0.717) is 11.0 Å². The minimum absolute atomic E-state index is 0.458. The first-order valence-electron chi connectivity index (χ1n) is 6.16. The maximum absolute atomic E-state index is 2.82. The zero-order chi connectivity index (χ0) is 10.1. The van der Waals surface area contributed by atoms with Gasteiger partial charge in [0.1, 0.15) is 0 Å². The lowest BCUT2D eigenvalue weighted by Crippen LogP contribution is -2.56. The van der Waals surface area contributed by atoms with Crippen molar-refractivity contribution < 1.29 is 0 Å². The van der Waals surface area contributed by atoms with Crippen molar-refractivity contribution in [1.82, 2.24) is 4.90 Å². The van der Waals surface area contributed by atoms with Crippen LogP contribution in [0, 0.1) is 17.3 Å². The Morgan fingerprint density at radius 2 is 1.86 bits per heavy atom. The highest BCUT2D eigenvalue weighted by atomic mass is 15.3. The summed E-state index contributed by atoms with van der Waals surface area (Å²) in [5, 5.41) is 0. The molecule has 0 aromatic rings. The SMILES string of the molecule is CC1(C)CC2C3CC3CN2C(C)(C)C1. The van der Waals surface area contributed by atoms with Gasteiger partial charge in [0.15, 0.2) is 0 Å². The highest BCUT2D eigenvalue weighted by molar-refractivity contribution is 5.12. The zero-order valence-corrected chi connectivity index (χ0v) is 10.0. The van der Waals surface area contributed by atoms with E-state index in [1.54, 1.807) is 0 Å². The van der Waals surface area contributed by atoms with E-state index >= 15 is 0 Å². The second kappa shape index (κ2) is 2.37. The third kappa shape index (κ3) is 1.18. The lowest BCUT2D eigenvalue weighted by molar-refractivity contribution is -0.0217. The molecule has 2 aliphatic heterocycles. The summed E-state index contributed by atoms with van der Waals surface area (Å²) in [6.45, 7) is 11.2. The average Bonchev–Trinajstić information content (AvgIpc) is 2.65. The third-order valence-corrected chi connectivity index (χ3v) is 4.75. The van der Waals surface area contributed by atoms with Gasteiger partial charge in [-0.05, 0) is 50.4 Å². The monoisotopic (exact) mass is 193 g/mol. The second-order valence-corrected chi connectivity index (χ2v) is 7.24. The summed E-state index contributed by atoms with van der Waals surface area (Å²) in [6.07, 6.45) is 4.35. The van der Waals surface area contributed by atoms with Gasteiger partial charge < -0.3 is 0 Å². The standard InChI is InChI=1S/C13H23N/c1-12(2)6-11-10-5-9(10)7-14(11)13(3,4)8-12/h9-11H,5-8H2,1-4H3. The number of hydrogen-bond donors (Lipinski definition) is 0. The molecule has 0 bridgehead atoms. The Hall–Kier alpha value is -0.0400. The normalized spacial score (nSPS) is 48.4. The number of hydrogen-bond acceptors (Lipinski definition) is 1. The molecule has 1 nitrogen and oxygen atoms in total. The van der Waals surface area contributed by atoms with Crippen LogP contribution < -0.4 is 0 Å². The van der Waals surface area contributed by atoms with Gasteiger partial charge in [-0.15, -0.1) is 0 Å². The molecule has 0 aromatic carbocycles. The molecule has 0 amide bonds. The van der Waals surface area contributed by atoms with Crippen molar-refractivity contribution in [2.75, 3.05) is 6.54 Å². The van der Waals surface area contributed by atoms with E-state index in [4.69, 9.17) is 0 Å². The quantitative estimate of drug-likeness (QED) is 0.572. The topological polar surface area (TPSA) is 3.24 Å². The molecule has 0 N–H and O–H groups in total. The molecule has 3 rings (SSSR count). The van der Waals surface area contributed by atoms with Crippen LogP contribution in [-0.4, -0.2) is 23.0 Å². The van der Waals surface area contributed by atoms with E-state index < -0.39 is 0 Å². The van der Waals surface area contributed by atoms with Crippen molar-refractivity contribution in [3.63, 3.8) is 0 Å². The van der Waals surface area contributed by atoms with Crippen molar-refractivity contribution in [3.8, 4) is 0 Å². The van der Waals surface area contributed by atoms with Crippen LogP contribution in [0.15, 0.2) is 0 Å². The minimum Gasteiger partial charge on any atom is -0.295 e. The van der Waals surface area contributed by atoms with E-state index in [2.05, 4.69) is 32.6 Å². The molecule has 3 fully saturated rings. The van der Waals surface area contributed by atoms with Gasteiger partial charge in [0.05, 0.1) is 0 Å². The molecule has 3 aliphatic rings. The van der Waals surface area contributed by atoms with Crippen molar-refractivity contribution in [2.45, 2.75) is 58.5 Å². The molecule has 80 valence electrons. The Labute approximate surface area is 87.9 Å². The maximum Gasteiger partial charge on any atom is 0.0161 e. The van der Waals surface area contributed by atoms with E-state index in [9.17, 15) is 0 Å². The molecule has 2 saturated heterocycles. The lowest BCUT2D eigenvalue weighted by atomic mass is 9.70. The smallest absolute Gasteiger partial charge is 0.0161 e. The molecule has 1 aliphatic carbocycles. The molecule has 0 radical (unpaired) electrons. The van der Waals surface area contributed by atoms with Crippen LogP contribution in [0.1, 0.15) is 47.0 Å². The van der Waals surface area contributed by atoms with E-state index in [-0.39, 0.29) is 0 Å². The van der Waals surface area contributed by atoms with Crippen LogP contribution in [-0.2, 0) is 0 Å². The zero-order valence-electron chi connectivity index (χ0n) is 10.0. The molecule has 2 heterocycles. The fourth-order valence-electron chi connectivity index (χ4n) is 4.44. The Morgan fingerprint density at radius 1 is 1.14 bits per heavy atom. The van der Waals surface area contributed by atoms with E-state index in [1.807, 2.05) is 0 Å². The van der Waals surface area contributed by atoms with Crippen LogP contribution in [0.4, 0.5) is 0 Å². The molecular weight excluding hydrogens is 170 g/mol. The fourth-order valence-corrected chi connectivity index (χ4v) is 4.44. The first kappa shape index (κ1) is 9.21. The van der Waals surface area contributed by atoms with Crippen molar-refractivity contribution in [1.29, 1.82) is 0 Å². The largest absolute Gasteiger partial charge is 0.295 e.